The van der Waals surface area contributed by atoms with E-state index in [0.717, 1.165) is 12.0 Å². The van der Waals surface area contributed by atoms with Gasteiger partial charge in [0.2, 0.25) is 0 Å². The lowest BCUT2D eigenvalue weighted by atomic mass is 10.2. The highest BCUT2D eigenvalue weighted by molar-refractivity contribution is 6.04. The number of nitrogens with zero attached hydrogens (tertiary/aromatic N) is 2. The van der Waals surface area contributed by atoms with E-state index in [2.05, 4.69) is 10.4 Å². The van der Waals surface area contributed by atoms with Crippen molar-refractivity contribution in [3.8, 4) is 5.75 Å². The van der Waals surface area contributed by atoms with Gasteiger partial charge in [-0.2, -0.15) is 5.10 Å². The number of ether oxygens (including phenoxy) is 1. The zero-order chi connectivity index (χ0) is 17.5. The van der Waals surface area contributed by atoms with Crippen LogP contribution in [0.1, 0.15) is 29.3 Å². The van der Waals surface area contributed by atoms with Crippen LogP contribution in [0, 0.1) is 0 Å². The van der Waals surface area contributed by atoms with Crippen molar-refractivity contribution in [3.05, 3.63) is 78.0 Å². The van der Waals surface area contributed by atoms with Crippen molar-refractivity contribution >= 4 is 11.7 Å². The molecular weight excluding hydrogens is 314 g/mol. The first kappa shape index (κ1) is 16.8. The summed E-state index contributed by atoms with van der Waals surface area (Å²) in [5.41, 5.74) is 1.68. The van der Waals surface area contributed by atoms with Gasteiger partial charge in [0.1, 0.15) is 11.6 Å². The fraction of sp³-hybridized carbons (Fsp3) is 0.200. The molecular formula is C20H21N3O2. The van der Waals surface area contributed by atoms with E-state index in [1.165, 1.54) is 0 Å². The molecule has 0 aliphatic carbocycles. The molecule has 0 saturated carbocycles. The monoisotopic (exact) mass is 335 g/mol. The van der Waals surface area contributed by atoms with Crippen molar-refractivity contribution in [1.29, 1.82) is 0 Å². The Morgan fingerprint density at radius 1 is 1.12 bits per heavy atom. The number of amides is 1. The molecule has 0 fully saturated rings. The van der Waals surface area contributed by atoms with E-state index >= 15 is 0 Å². The van der Waals surface area contributed by atoms with Crippen molar-refractivity contribution in [1.82, 2.24) is 9.78 Å². The minimum absolute atomic E-state index is 0.184. The van der Waals surface area contributed by atoms with Crippen LogP contribution in [-0.2, 0) is 6.54 Å². The Balaban J connectivity index is 1.70. The highest BCUT2D eigenvalue weighted by Gasteiger charge is 2.11. The maximum Gasteiger partial charge on any atom is 0.256 e. The maximum atomic E-state index is 12.5. The average Bonchev–Trinajstić information content (AvgIpc) is 3.07. The van der Waals surface area contributed by atoms with Crippen molar-refractivity contribution in [2.45, 2.75) is 19.9 Å². The lowest BCUT2D eigenvalue weighted by Gasteiger charge is -2.10. The molecule has 3 rings (SSSR count). The van der Waals surface area contributed by atoms with Crippen LogP contribution < -0.4 is 10.1 Å². The Morgan fingerprint density at radius 2 is 1.96 bits per heavy atom. The van der Waals surface area contributed by atoms with Gasteiger partial charge in [-0.3, -0.25) is 4.79 Å². The Morgan fingerprint density at radius 3 is 2.76 bits per heavy atom. The van der Waals surface area contributed by atoms with Gasteiger partial charge in [0.05, 0.1) is 19.3 Å². The number of carbonyl (C=O) groups is 1. The minimum Gasteiger partial charge on any atom is -0.494 e. The van der Waals surface area contributed by atoms with Crippen molar-refractivity contribution in [2.24, 2.45) is 0 Å². The second-order valence-corrected chi connectivity index (χ2v) is 5.69. The number of rotatable bonds is 7. The van der Waals surface area contributed by atoms with Gasteiger partial charge in [-0.1, -0.05) is 43.3 Å². The van der Waals surface area contributed by atoms with Crippen LogP contribution >= 0.6 is 0 Å². The van der Waals surface area contributed by atoms with E-state index in [-0.39, 0.29) is 5.91 Å². The molecule has 128 valence electrons. The molecule has 0 saturated heterocycles. The second-order valence-electron chi connectivity index (χ2n) is 5.69. The van der Waals surface area contributed by atoms with Gasteiger partial charge in [0.15, 0.2) is 0 Å². The molecule has 0 spiro atoms. The molecule has 1 amide bonds. The van der Waals surface area contributed by atoms with Gasteiger partial charge < -0.3 is 10.1 Å². The number of carbonyl (C=O) groups excluding carboxylic acids is 1. The largest absolute Gasteiger partial charge is 0.494 e. The van der Waals surface area contributed by atoms with Crippen LogP contribution in [0.2, 0.25) is 0 Å². The molecule has 3 aromatic rings. The number of anilines is 1. The summed E-state index contributed by atoms with van der Waals surface area (Å²) >= 11 is 0. The normalized spacial score (nSPS) is 10.4. The van der Waals surface area contributed by atoms with Gasteiger partial charge in [-0.15, -0.1) is 0 Å². The quantitative estimate of drug-likeness (QED) is 0.711. The Labute approximate surface area is 147 Å². The van der Waals surface area contributed by atoms with Crippen molar-refractivity contribution in [3.63, 3.8) is 0 Å². The lowest BCUT2D eigenvalue weighted by molar-refractivity contribution is 0.102. The Bertz CT molecular complexity index is 828. The summed E-state index contributed by atoms with van der Waals surface area (Å²) in [5, 5.41) is 7.21. The molecule has 0 radical (unpaired) electrons. The lowest BCUT2D eigenvalue weighted by Crippen LogP contribution is -2.16. The van der Waals surface area contributed by atoms with E-state index < -0.39 is 0 Å². The smallest absolute Gasteiger partial charge is 0.256 e. The predicted molar refractivity (Wildman–Crippen MR) is 98.0 cm³/mol. The van der Waals surface area contributed by atoms with Crippen molar-refractivity contribution in [2.75, 3.05) is 11.9 Å². The SMILES string of the molecule is CCCOc1cccc(C(=O)Nc2ccnn2Cc2ccccc2)c1. The third kappa shape index (κ3) is 4.47. The van der Waals surface area contributed by atoms with Crippen LogP contribution in [0.25, 0.3) is 0 Å². The summed E-state index contributed by atoms with van der Waals surface area (Å²) in [6.07, 6.45) is 2.61. The first-order valence-corrected chi connectivity index (χ1v) is 8.36. The Hall–Kier alpha value is -3.08. The maximum absolute atomic E-state index is 12.5. The van der Waals surface area contributed by atoms with Crippen LogP contribution in [0.4, 0.5) is 5.82 Å². The fourth-order valence-corrected chi connectivity index (χ4v) is 2.46. The van der Waals surface area contributed by atoms with E-state index in [4.69, 9.17) is 4.74 Å². The molecule has 0 aliphatic rings. The van der Waals surface area contributed by atoms with Crippen LogP contribution in [0.15, 0.2) is 66.9 Å². The zero-order valence-corrected chi connectivity index (χ0v) is 14.2. The van der Waals surface area contributed by atoms with Gasteiger partial charge in [-0.25, -0.2) is 4.68 Å². The molecule has 0 aliphatic heterocycles. The minimum atomic E-state index is -0.184. The molecule has 0 atom stereocenters. The van der Waals surface area contributed by atoms with Crippen LogP contribution in [0.5, 0.6) is 5.75 Å². The molecule has 0 unspecified atom stereocenters. The van der Waals surface area contributed by atoms with Gasteiger partial charge >= 0.3 is 0 Å². The first-order valence-electron chi connectivity index (χ1n) is 8.36. The summed E-state index contributed by atoms with van der Waals surface area (Å²) in [6, 6.07) is 19.0. The summed E-state index contributed by atoms with van der Waals surface area (Å²) in [4.78, 5) is 12.5. The first-order chi connectivity index (χ1) is 12.3. The molecule has 1 aromatic heterocycles. The molecule has 0 bridgehead atoms. The summed E-state index contributed by atoms with van der Waals surface area (Å²) in [6.45, 7) is 3.28. The molecule has 25 heavy (non-hydrogen) atoms. The number of hydrogen-bond donors (Lipinski definition) is 1. The average molecular weight is 335 g/mol. The fourth-order valence-electron chi connectivity index (χ4n) is 2.46. The van der Waals surface area contributed by atoms with E-state index in [9.17, 15) is 4.79 Å². The molecule has 5 nitrogen and oxygen atoms in total. The van der Waals surface area contributed by atoms with Gasteiger partial charge in [-0.05, 0) is 30.2 Å². The number of benzene rings is 2. The van der Waals surface area contributed by atoms with E-state index in [0.29, 0.717) is 30.3 Å². The van der Waals surface area contributed by atoms with Gasteiger partial charge in [0.25, 0.3) is 5.91 Å². The summed E-state index contributed by atoms with van der Waals surface area (Å²) in [7, 11) is 0. The van der Waals surface area contributed by atoms with E-state index in [1.807, 2.05) is 49.4 Å². The van der Waals surface area contributed by atoms with Gasteiger partial charge in [0, 0.05) is 11.6 Å². The molecule has 1 heterocycles. The van der Waals surface area contributed by atoms with Crippen molar-refractivity contribution < 1.29 is 9.53 Å². The topological polar surface area (TPSA) is 56.1 Å². The second kappa shape index (κ2) is 8.15. The standard InChI is InChI=1S/C20H21N3O2/c1-2-13-25-18-10-6-9-17(14-18)20(24)22-19-11-12-21-23(19)15-16-7-4-3-5-8-16/h3-12,14H,2,13,15H2,1H3,(H,22,24). The molecule has 1 N–H and O–H groups in total. The third-order valence-corrected chi connectivity index (χ3v) is 3.70. The predicted octanol–water partition coefficient (Wildman–Crippen LogP) is 3.97. The van der Waals surface area contributed by atoms with Crippen LogP contribution in [0.3, 0.4) is 0 Å². The number of nitrogens with one attached hydrogen (secondary N) is 1. The van der Waals surface area contributed by atoms with Crippen LogP contribution in [-0.4, -0.2) is 22.3 Å². The zero-order valence-electron chi connectivity index (χ0n) is 14.2. The highest BCUT2D eigenvalue weighted by atomic mass is 16.5. The summed E-state index contributed by atoms with van der Waals surface area (Å²) < 4.78 is 7.35. The highest BCUT2D eigenvalue weighted by Crippen LogP contribution is 2.16. The molecule has 5 heteroatoms. The number of aromatic nitrogens is 2. The Kier molecular flexibility index (Phi) is 5.46. The van der Waals surface area contributed by atoms with E-state index in [1.54, 1.807) is 29.1 Å². The number of hydrogen-bond acceptors (Lipinski definition) is 3. The third-order valence-electron chi connectivity index (χ3n) is 3.70. The summed E-state index contributed by atoms with van der Waals surface area (Å²) in [5.74, 6) is 1.18. The molecule has 2 aromatic carbocycles.